The Labute approximate surface area is 380 Å². The van der Waals surface area contributed by atoms with Gasteiger partial charge in [0.2, 0.25) is 5.69 Å². The first-order valence-corrected chi connectivity index (χ1v) is 25.8. The summed E-state index contributed by atoms with van der Waals surface area (Å²) < 4.78 is 109. The van der Waals surface area contributed by atoms with Gasteiger partial charge in [0.25, 0.3) is 30.4 Å². The maximum atomic E-state index is 13.1. The van der Waals surface area contributed by atoms with E-state index in [1.165, 1.54) is 18.2 Å². The van der Waals surface area contributed by atoms with Crippen molar-refractivity contribution in [3.63, 3.8) is 0 Å². The molecule has 2 heterocycles. The Morgan fingerprint density at radius 2 is 1.47 bits per heavy atom. The molecule has 0 radical (unpaired) electrons. The average molecular weight is 952 g/mol. The minimum absolute atomic E-state index is 0.0284. The molecule has 4 rings (SSSR count). The number of methoxy groups -OCH3 is 1. The van der Waals surface area contributed by atoms with E-state index in [0.717, 1.165) is 37.0 Å². The topological polar surface area (TPSA) is 203 Å². The van der Waals surface area contributed by atoms with E-state index in [1.807, 2.05) is 65.0 Å². The second-order valence-electron chi connectivity index (χ2n) is 18.3. The predicted molar refractivity (Wildman–Crippen MR) is 247 cm³/mol. The minimum Gasteiger partial charge on any atom is -0.481 e. The molecule has 0 aliphatic carbocycles. The Morgan fingerprint density at radius 3 is 2.08 bits per heavy atom. The van der Waals surface area contributed by atoms with Crippen molar-refractivity contribution in [3.8, 4) is 0 Å². The number of anilines is 1. The summed E-state index contributed by atoms with van der Waals surface area (Å²) in [7, 11) is -8.58. The molecular weight excluding hydrogens is 885 g/mol. The number of aliphatic carboxylic acids is 1. The summed E-state index contributed by atoms with van der Waals surface area (Å²) in [6.45, 7) is 15.4. The van der Waals surface area contributed by atoms with Crippen molar-refractivity contribution in [2.45, 2.75) is 132 Å². The summed E-state index contributed by atoms with van der Waals surface area (Å²) in [6.07, 6.45) is 13.0. The van der Waals surface area contributed by atoms with Crippen LogP contribution in [0.3, 0.4) is 0 Å². The second-order valence-corrected chi connectivity index (χ2v) is 23.3. The zero-order valence-electron chi connectivity index (χ0n) is 38.8. The van der Waals surface area contributed by atoms with Gasteiger partial charge in [-0.1, -0.05) is 18.2 Å². The lowest BCUT2D eigenvalue weighted by atomic mass is 9.76. The minimum atomic E-state index is -4.51. The monoisotopic (exact) mass is 951 g/mol. The fourth-order valence-corrected chi connectivity index (χ4v) is 10.4. The Kier molecular flexibility index (Phi) is 17.2. The normalized spacial score (nSPS) is 20.3. The fourth-order valence-electron chi connectivity index (χ4n) is 8.58. The number of unbranched alkanes of at least 4 members (excludes halogenated alkanes) is 2. The molecule has 0 saturated heterocycles. The van der Waals surface area contributed by atoms with Crippen LogP contribution < -0.4 is 4.90 Å². The van der Waals surface area contributed by atoms with Gasteiger partial charge in [0.05, 0.1) is 40.8 Å². The molecule has 0 saturated carbocycles. The number of allylic oxidation sites excluding steroid dienone is 6. The number of fused-ring (bicyclic) bond motifs is 2. The van der Waals surface area contributed by atoms with Crippen LogP contribution >= 0.6 is 0 Å². The summed E-state index contributed by atoms with van der Waals surface area (Å²) in [4.78, 5) is 13.1. The van der Waals surface area contributed by atoms with Gasteiger partial charge in [-0.3, -0.25) is 17.7 Å². The first-order valence-electron chi connectivity index (χ1n) is 21.4. The Balaban J connectivity index is 1.89. The molecule has 18 heteroatoms. The number of carboxylic acid groups (broad SMARTS) is 1. The van der Waals surface area contributed by atoms with E-state index < -0.39 is 52.7 Å². The quantitative estimate of drug-likeness (QED) is 0.0339. The zero-order chi connectivity index (χ0) is 47.9. The molecule has 2 aromatic carbocycles. The Morgan fingerprint density at radius 1 is 0.797 bits per heavy atom. The highest BCUT2D eigenvalue weighted by atomic mass is 32.2. The molecule has 2 aromatic rings. The van der Waals surface area contributed by atoms with Crippen molar-refractivity contribution in [1.29, 1.82) is 0 Å². The SMILES string of the molecule is COCCC1(C)C(C=CC=CC=C2N(C(C)(C)CCOC(C)(C)C)c3ccc(S(=O)(=O)OC)cc3C2(C)CCCS(=O)(=O)OC)=[N+](CCCCCC(=O)O)c2ccc(S(=O)(=O)O)cc21. The number of nitrogens with zero attached hydrogens (tertiary/aromatic N) is 2. The number of rotatable bonds is 24. The molecule has 0 spiro atoms. The smallest absolute Gasteiger partial charge is 0.303 e. The predicted octanol–water partition coefficient (Wildman–Crippen LogP) is 7.82. The van der Waals surface area contributed by atoms with E-state index in [0.29, 0.717) is 69.4 Å². The number of ether oxygens (including phenoxy) is 2. The molecule has 2 unspecified atom stereocenters. The summed E-state index contributed by atoms with van der Waals surface area (Å²) in [5, 5.41) is 9.19. The molecule has 15 nitrogen and oxygen atoms in total. The van der Waals surface area contributed by atoms with Crippen LogP contribution in [-0.4, -0.2) is 109 Å². The number of hydrogen-bond donors (Lipinski definition) is 2. The van der Waals surface area contributed by atoms with Gasteiger partial charge in [-0.25, -0.2) is 0 Å². The van der Waals surface area contributed by atoms with Crippen LogP contribution in [0, 0.1) is 0 Å². The summed E-state index contributed by atoms with van der Waals surface area (Å²) in [6, 6.07) is 9.45. The van der Waals surface area contributed by atoms with Gasteiger partial charge in [0.15, 0.2) is 5.71 Å². The zero-order valence-corrected chi connectivity index (χ0v) is 41.3. The van der Waals surface area contributed by atoms with E-state index in [9.17, 15) is 39.7 Å². The van der Waals surface area contributed by atoms with E-state index in [-0.39, 0.29) is 34.0 Å². The van der Waals surface area contributed by atoms with Crippen LogP contribution in [0.1, 0.15) is 111 Å². The van der Waals surface area contributed by atoms with Crippen molar-refractivity contribution in [2.24, 2.45) is 0 Å². The van der Waals surface area contributed by atoms with Crippen molar-refractivity contribution in [2.75, 3.05) is 51.7 Å². The number of carboxylic acids is 1. The highest BCUT2D eigenvalue weighted by Crippen LogP contribution is 2.54. The van der Waals surface area contributed by atoms with E-state index in [4.69, 9.17) is 17.8 Å². The lowest BCUT2D eigenvalue weighted by Gasteiger charge is -2.41. The fraction of sp³-hybridized carbons (Fsp3) is 0.565. The molecule has 2 atom stereocenters. The number of benzene rings is 2. The number of hydrogen-bond acceptors (Lipinski definition) is 12. The molecule has 2 aliphatic rings. The van der Waals surface area contributed by atoms with Gasteiger partial charge in [-0.2, -0.15) is 29.8 Å². The van der Waals surface area contributed by atoms with Crippen molar-refractivity contribution in [3.05, 3.63) is 83.6 Å². The van der Waals surface area contributed by atoms with Crippen molar-refractivity contribution in [1.82, 2.24) is 0 Å². The van der Waals surface area contributed by atoms with Crippen LogP contribution in [0.4, 0.5) is 11.4 Å². The van der Waals surface area contributed by atoms with E-state index in [2.05, 4.69) is 23.3 Å². The van der Waals surface area contributed by atoms with Gasteiger partial charge in [-0.05, 0) is 129 Å². The standard InChI is InChI=1S/C46H66N2O13S3/c1-43(2,3)61-30-26-44(4,5)48-39-24-22-35(64(56,57)60-10)33-37(39)45(6,25-17-31-62(51,52)59-9)41(48)19-14-11-13-18-40-46(7,27-29-58-8)36-32-34(63(53,54)55)21-23-38(36)47(40)28-16-12-15-20-42(49)50/h11,13-14,18-19,21-24,32-33H,12,15-17,20,25-31H2,1-10H3,(H-,49,50,53,54,55)/p+1. The van der Waals surface area contributed by atoms with Gasteiger partial charge in [-0.15, -0.1) is 0 Å². The van der Waals surface area contributed by atoms with E-state index >= 15 is 0 Å². The average Bonchev–Trinajstić information content (AvgIpc) is 3.59. The van der Waals surface area contributed by atoms with Crippen LogP contribution in [0.15, 0.2) is 82.3 Å². The Hall–Kier alpha value is -3.75. The third-order valence-corrected chi connectivity index (χ3v) is 15.5. The molecule has 2 N–H and O–H groups in total. The molecule has 2 aliphatic heterocycles. The third kappa shape index (κ3) is 12.6. The lowest BCUT2D eigenvalue weighted by molar-refractivity contribution is -0.438. The molecule has 356 valence electrons. The van der Waals surface area contributed by atoms with Crippen LogP contribution in [0.2, 0.25) is 0 Å². The molecule has 0 amide bonds. The number of carbonyl (C=O) groups is 1. The lowest BCUT2D eigenvalue weighted by Crippen LogP contribution is -2.45. The van der Waals surface area contributed by atoms with Crippen LogP contribution in [-0.2, 0) is 63.8 Å². The molecule has 0 aromatic heterocycles. The second kappa shape index (κ2) is 20.8. The summed E-state index contributed by atoms with van der Waals surface area (Å²) in [5.74, 6) is -1.11. The first-order chi connectivity index (χ1) is 29.7. The molecule has 0 bridgehead atoms. The highest BCUT2D eigenvalue weighted by molar-refractivity contribution is 7.87. The van der Waals surface area contributed by atoms with Gasteiger partial charge in [0, 0.05) is 73.2 Å². The van der Waals surface area contributed by atoms with Crippen LogP contribution in [0.25, 0.3) is 0 Å². The first kappa shape index (κ1) is 52.9. The van der Waals surface area contributed by atoms with Crippen molar-refractivity contribution < 1.29 is 62.1 Å². The molecule has 64 heavy (non-hydrogen) atoms. The van der Waals surface area contributed by atoms with Crippen molar-refractivity contribution >= 4 is 53.4 Å². The van der Waals surface area contributed by atoms with E-state index in [1.54, 1.807) is 25.3 Å². The Bertz CT molecular complexity index is 2490. The van der Waals surface area contributed by atoms with Gasteiger partial charge >= 0.3 is 5.97 Å². The van der Waals surface area contributed by atoms with Gasteiger partial charge < -0.3 is 19.5 Å². The highest BCUT2D eigenvalue weighted by Gasteiger charge is 2.49. The largest absolute Gasteiger partial charge is 0.481 e. The summed E-state index contributed by atoms with van der Waals surface area (Å²) >= 11 is 0. The molecule has 0 fully saturated rings. The van der Waals surface area contributed by atoms with Gasteiger partial charge in [0.1, 0.15) is 6.54 Å². The maximum Gasteiger partial charge on any atom is 0.303 e. The van der Waals surface area contributed by atoms with Crippen LogP contribution in [0.5, 0.6) is 0 Å². The molecular formula is C46H67N2O13S3+. The summed E-state index contributed by atoms with van der Waals surface area (Å²) in [5.41, 5.74) is 1.98. The third-order valence-electron chi connectivity index (χ3n) is 12.1. The maximum absolute atomic E-state index is 13.1.